The van der Waals surface area contributed by atoms with Crippen molar-refractivity contribution in [2.75, 3.05) is 31.1 Å². The van der Waals surface area contributed by atoms with Crippen molar-refractivity contribution >= 4 is 9.84 Å². The van der Waals surface area contributed by atoms with Gasteiger partial charge in [0, 0.05) is 25.7 Å². The highest BCUT2D eigenvalue weighted by molar-refractivity contribution is 7.91. The predicted molar refractivity (Wildman–Crippen MR) is 69.6 cm³/mol. The van der Waals surface area contributed by atoms with Crippen molar-refractivity contribution < 1.29 is 8.42 Å². The van der Waals surface area contributed by atoms with Crippen LogP contribution in [0.25, 0.3) is 0 Å². The van der Waals surface area contributed by atoms with E-state index in [1.165, 1.54) is 25.7 Å². The average Bonchev–Trinajstić information content (AvgIpc) is 2.47. The Balaban J connectivity index is 1.84. The fourth-order valence-electron chi connectivity index (χ4n) is 2.90. The van der Waals surface area contributed by atoms with E-state index in [-0.39, 0.29) is 0 Å². The van der Waals surface area contributed by atoms with Crippen molar-refractivity contribution in [3.63, 3.8) is 0 Å². The maximum absolute atomic E-state index is 11.4. The molecule has 1 saturated heterocycles. The van der Waals surface area contributed by atoms with Crippen LogP contribution in [0.15, 0.2) is 0 Å². The van der Waals surface area contributed by atoms with Gasteiger partial charge in [-0.25, -0.2) is 8.42 Å². The maximum atomic E-state index is 11.4. The molecule has 2 N–H and O–H groups in total. The monoisotopic (exact) mass is 260 g/mol. The molecule has 0 spiro atoms. The number of hydrogen-bond donors (Lipinski definition) is 1. The predicted octanol–water partition coefficient (Wildman–Crippen LogP) is 0.624. The summed E-state index contributed by atoms with van der Waals surface area (Å²) in [5, 5.41) is 0. The van der Waals surface area contributed by atoms with Gasteiger partial charge in [0.25, 0.3) is 0 Å². The van der Waals surface area contributed by atoms with Crippen molar-refractivity contribution in [3.05, 3.63) is 0 Å². The Morgan fingerprint density at radius 3 is 2.41 bits per heavy atom. The Morgan fingerprint density at radius 1 is 1.06 bits per heavy atom. The lowest BCUT2D eigenvalue weighted by Gasteiger charge is -2.32. The summed E-state index contributed by atoms with van der Waals surface area (Å²) in [6.45, 7) is 2.40. The molecule has 0 bridgehead atoms. The first-order valence-corrected chi connectivity index (χ1v) is 8.57. The van der Waals surface area contributed by atoms with Crippen molar-refractivity contribution in [1.82, 2.24) is 4.90 Å². The molecule has 0 radical (unpaired) electrons. The summed E-state index contributed by atoms with van der Waals surface area (Å²) in [4.78, 5) is 2.29. The first kappa shape index (κ1) is 13.3. The SMILES string of the molecule is NC1CCCCCC1CN1CCS(=O)(=O)CC1. The maximum Gasteiger partial charge on any atom is 0.152 e. The third-order valence-corrected chi connectivity index (χ3v) is 5.76. The lowest BCUT2D eigenvalue weighted by molar-refractivity contribution is 0.220. The molecule has 1 saturated carbocycles. The average molecular weight is 260 g/mol. The summed E-state index contributed by atoms with van der Waals surface area (Å²) in [5.41, 5.74) is 6.20. The van der Waals surface area contributed by atoms with Crippen LogP contribution < -0.4 is 5.73 Å². The molecule has 2 rings (SSSR count). The summed E-state index contributed by atoms with van der Waals surface area (Å²) in [6.07, 6.45) is 6.19. The second kappa shape index (κ2) is 5.67. The van der Waals surface area contributed by atoms with Gasteiger partial charge in [-0.05, 0) is 18.8 Å². The Bertz CT molecular complexity index is 328. The van der Waals surface area contributed by atoms with Crippen LogP contribution in [0.2, 0.25) is 0 Å². The van der Waals surface area contributed by atoms with Crippen LogP contribution in [-0.4, -0.2) is 50.5 Å². The van der Waals surface area contributed by atoms with Crippen LogP contribution in [0.5, 0.6) is 0 Å². The van der Waals surface area contributed by atoms with Crippen LogP contribution in [0.4, 0.5) is 0 Å². The van der Waals surface area contributed by atoms with Gasteiger partial charge in [-0.3, -0.25) is 0 Å². The van der Waals surface area contributed by atoms with E-state index in [9.17, 15) is 8.42 Å². The molecule has 2 unspecified atom stereocenters. The largest absolute Gasteiger partial charge is 0.327 e. The summed E-state index contributed by atoms with van der Waals surface area (Å²) in [6, 6.07) is 0.316. The molecule has 5 heteroatoms. The minimum atomic E-state index is -2.75. The fraction of sp³-hybridized carbons (Fsp3) is 1.00. The highest BCUT2D eigenvalue weighted by Crippen LogP contribution is 2.23. The van der Waals surface area contributed by atoms with E-state index >= 15 is 0 Å². The zero-order valence-electron chi connectivity index (χ0n) is 10.5. The zero-order chi connectivity index (χ0) is 12.3. The van der Waals surface area contributed by atoms with E-state index in [2.05, 4.69) is 4.90 Å². The molecule has 100 valence electrons. The number of nitrogens with zero attached hydrogens (tertiary/aromatic N) is 1. The standard InChI is InChI=1S/C12H24N2O2S/c13-12-5-3-1-2-4-11(12)10-14-6-8-17(15,16)9-7-14/h11-12H,1-10,13H2. The van der Waals surface area contributed by atoms with Crippen LogP contribution in [-0.2, 0) is 9.84 Å². The summed E-state index contributed by atoms with van der Waals surface area (Å²) in [5.74, 6) is 1.22. The van der Waals surface area contributed by atoms with E-state index in [4.69, 9.17) is 5.73 Å². The minimum Gasteiger partial charge on any atom is -0.327 e. The third-order valence-electron chi connectivity index (χ3n) is 4.15. The molecule has 0 aromatic rings. The van der Waals surface area contributed by atoms with Gasteiger partial charge in [0.1, 0.15) is 0 Å². The minimum absolute atomic E-state index is 0.316. The van der Waals surface area contributed by atoms with E-state index in [0.717, 1.165) is 13.0 Å². The fourth-order valence-corrected chi connectivity index (χ4v) is 4.18. The second-order valence-electron chi connectivity index (χ2n) is 5.51. The molecule has 2 fully saturated rings. The highest BCUT2D eigenvalue weighted by atomic mass is 32.2. The molecule has 0 aromatic carbocycles. The van der Waals surface area contributed by atoms with Crippen LogP contribution in [0, 0.1) is 5.92 Å². The van der Waals surface area contributed by atoms with Crippen LogP contribution >= 0.6 is 0 Å². The summed E-state index contributed by atoms with van der Waals surface area (Å²) < 4.78 is 22.7. The molecular weight excluding hydrogens is 236 g/mol. The quantitative estimate of drug-likeness (QED) is 0.740. The van der Waals surface area contributed by atoms with Crippen molar-refractivity contribution in [1.29, 1.82) is 0 Å². The smallest absolute Gasteiger partial charge is 0.152 e. The Morgan fingerprint density at radius 2 is 1.71 bits per heavy atom. The molecule has 0 aromatic heterocycles. The number of sulfone groups is 1. The van der Waals surface area contributed by atoms with Gasteiger partial charge in [-0.15, -0.1) is 0 Å². The van der Waals surface area contributed by atoms with E-state index < -0.39 is 9.84 Å². The molecule has 1 aliphatic heterocycles. The number of nitrogens with two attached hydrogens (primary N) is 1. The normalized spacial score (nSPS) is 35.4. The molecular formula is C12H24N2O2S. The van der Waals surface area contributed by atoms with Crippen molar-refractivity contribution in [3.8, 4) is 0 Å². The zero-order valence-corrected chi connectivity index (χ0v) is 11.3. The van der Waals surface area contributed by atoms with Crippen LogP contribution in [0.1, 0.15) is 32.1 Å². The second-order valence-corrected chi connectivity index (χ2v) is 7.82. The van der Waals surface area contributed by atoms with E-state index in [1.54, 1.807) is 0 Å². The lowest BCUT2D eigenvalue weighted by atomic mass is 9.95. The summed E-state index contributed by atoms with van der Waals surface area (Å²) in [7, 11) is -2.75. The highest BCUT2D eigenvalue weighted by Gasteiger charge is 2.26. The van der Waals surface area contributed by atoms with Gasteiger partial charge in [-0.2, -0.15) is 0 Å². The van der Waals surface area contributed by atoms with Gasteiger partial charge >= 0.3 is 0 Å². The van der Waals surface area contributed by atoms with E-state index in [1.807, 2.05) is 0 Å². The summed E-state index contributed by atoms with van der Waals surface area (Å²) >= 11 is 0. The van der Waals surface area contributed by atoms with Crippen molar-refractivity contribution in [2.24, 2.45) is 11.7 Å². The van der Waals surface area contributed by atoms with Gasteiger partial charge in [-0.1, -0.05) is 19.3 Å². The third kappa shape index (κ3) is 3.93. The van der Waals surface area contributed by atoms with Gasteiger partial charge < -0.3 is 10.6 Å². The molecule has 0 amide bonds. The Hall–Kier alpha value is -0.130. The van der Waals surface area contributed by atoms with Crippen LogP contribution in [0.3, 0.4) is 0 Å². The molecule has 17 heavy (non-hydrogen) atoms. The molecule has 2 aliphatic rings. The first-order chi connectivity index (χ1) is 8.07. The van der Waals surface area contributed by atoms with Gasteiger partial charge in [0.2, 0.25) is 0 Å². The topological polar surface area (TPSA) is 63.4 Å². The van der Waals surface area contributed by atoms with Crippen molar-refractivity contribution in [2.45, 2.75) is 38.1 Å². The molecule has 4 nitrogen and oxygen atoms in total. The number of rotatable bonds is 2. The van der Waals surface area contributed by atoms with E-state index in [0.29, 0.717) is 36.6 Å². The number of hydrogen-bond acceptors (Lipinski definition) is 4. The Kier molecular flexibility index (Phi) is 4.44. The van der Waals surface area contributed by atoms with Gasteiger partial charge in [0.15, 0.2) is 9.84 Å². The molecule has 1 aliphatic carbocycles. The molecule has 1 heterocycles. The molecule has 2 atom stereocenters. The first-order valence-electron chi connectivity index (χ1n) is 6.75. The Labute approximate surface area is 104 Å². The lowest BCUT2D eigenvalue weighted by Crippen LogP contribution is -2.45. The van der Waals surface area contributed by atoms with Gasteiger partial charge in [0.05, 0.1) is 11.5 Å².